The van der Waals surface area contributed by atoms with Crippen LogP contribution in [0.3, 0.4) is 0 Å². The van der Waals surface area contributed by atoms with E-state index in [1.165, 1.54) is 0 Å². The lowest BCUT2D eigenvalue weighted by Crippen LogP contribution is -1.98. The summed E-state index contributed by atoms with van der Waals surface area (Å²) in [4.78, 5) is 8.90. The molecular weight excluding hydrogens is 301 g/mol. The fourth-order valence-electron chi connectivity index (χ4n) is 2.51. The molecule has 0 unspecified atom stereocenters. The Morgan fingerprint density at radius 2 is 2.23 bits per heavy atom. The first-order chi connectivity index (χ1) is 10.7. The van der Waals surface area contributed by atoms with Crippen LogP contribution in [0.4, 0.5) is 4.39 Å². The highest BCUT2D eigenvalue weighted by Crippen LogP contribution is 2.31. The van der Waals surface area contributed by atoms with Crippen LogP contribution in [-0.4, -0.2) is 27.7 Å². The highest BCUT2D eigenvalue weighted by Gasteiger charge is 2.11. The maximum atomic E-state index is 12.2. The average molecular weight is 315 g/mol. The Hall–Kier alpha value is -2.34. The molecule has 0 fully saturated rings. The molecule has 0 radical (unpaired) electrons. The Morgan fingerprint density at radius 1 is 1.32 bits per heavy atom. The molecule has 4 rings (SSSR count). The predicted octanol–water partition coefficient (Wildman–Crippen LogP) is 4.20. The first-order valence-corrected chi connectivity index (χ1v) is 7.82. The molecule has 112 valence electrons. The van der Waals surface area contributed by atoms with E-state index in [4.69, 9.17) is 4.74 Å². The molecule has 0 spiro atoms. The zero-order chi connectivity index (χ0) is 15.1. The molecule has 0 saturated carbocycles. The van der Waals surface area contributed by atoms with Gasteiger partial charge in [-0.2, -0.15) is 0 Å². The molecule has 1 N–H and O–H groups in total. The number of aromatic nitrogens is 3. The van der Waals surface area contributed by atoms with Gasteiger partial charge < -0.3 is 9.72 Å². The minimum absolute atomic E-state index is 0.0876. The monoisotopic (exact) mass is 315 g/mol. The molecule has 0 saturated heterocycles. The first kappa shape index (κ1) is 13.3. The van der Waals surface area contributed by atoms with Gasteiger partial charge in [0.15, 0.2) is 4.96 Å². The van der Waals surface area contributed by atoms with E-state index in [1.807, 2.05) is 43.5 Å². The molecule has 0 amide bonds. The third-order valence-electron chi connectivity index (χ3n) is 3.52. The van der Waals surface area contributed by atoms with Crippen LogP contribution in [0.15, 0.2) is 36.5 Å². The SMILES string of the molecule is Cc1ccc(-c2cn3c(n2)sc2cc(OCCF)ccc23)[nH]1. The number of halogens is 1. The van der Waals surface area contributed by atoms with Gasteiger partial charge in [0, 0.05) is 11.9 Å². The number of imidazole rings is 1. The van der Waals surface area contributed by atoms with Crippen LogP contribution in [0.5, 0.6) is 5.75 Å². The van der Waals surface area contributed by atoms with Crippen LogP contribution in [-0.2, 0) is 0 Å². The summed E-state index contributed by atoms with van der Waals surface area (Å²) in [6.45, 7) is 1.63. The standard InChI is InChI=1S/C16H14FN3OS/c1-10-2-4-12(18-10)13-9-20-14-5-3-11(21-7-6-17)8-15(14)22-16(20)19-13/h2-5,8-9,18H,6-7H2,1H3. The first-order valence-electron chi connectivity index (χ1n) is 7.01. The smallest absolute Gasteiger partial charge is 0.195 e. The van der Waals surface area contributed by atoms with Gasteiger partial charge in [-0.1, -0.05) is 11.3 Å². The van der Waals surface area contributed by atoms with Crippen molar-refractivity contribution in [3.05, 3.63) is 42.2 Å². The van der Waals surface area contributed by atoms with E-state index in [-0.39, 0.29) is 6.61 Å². The Bertz CT molecular complexity index is 953. The second kappa shape index (κ2) is 5.14. The summed E-state index contributed by atoms with van der Waals surface area (Å²) in [5.41, 5.74) is 4.14. The average Bonchev–Trinajstić information content (AvgIpc) is 3.18. The number of nitrogens with zero attached hydrogens (tertiary/aromatic N) is 2. The molecule has 0 aliphatic carbocycles. The number of nitrogens with one attached hydrogen (secondary N) is 1. The van der Waals surface area contributed by atoms with Gasteiger partial charge >= 0.3 is 0 Å². The molecule has 6 heteroatoms. The Balaban J connectivity index is 1.78. The number of H-pyrrole nitrogens is 1. The number of fused-ring (bicyclic) bond motifs is 3. The molecule has 0 aliphatic rings. The molecule has 0 aliphatic heterocycles. The lowest BCUT2D eigenvalue weighted by molar-refractivity contribution is 0.273. The fourth-order valence-corrected chi connectivity index (χ4v) is 3.55. The minimum Gasteiger partial charge on any atom is -0.491 e. The van der Waals surface area contributed by atoms with Crippen LogP contribution < -0.4 is 4.74 Å². The van der Waals surface area contributed by atoms with E-state index in [2.05, 4.69) is 14.4 Å². The van der Waals surface area contributed by atoms with Gasteiger partial charge in [0.05, 0.1) is 15.9 Å². The summed E-state index contributed by atoms with van der Waals surface area (Å²) >= 11 is 1.60. The molecule has 0 bridgehead atoms. The van der Waals surface area contributed by atoms with Crippen molar-refractivity contribution in [1.82, 2.24) is 14.4 Å². The lowest BCUT2D eigenvalue weighted by atomic mass is 10.3. The Kier molecular flexibility index (Phi) is 3.11. The molecule has 3 aromatic heterocycles. The van der Waals surface area contributed by atoms with Crippen molar-refractivity contribution in [3.63, 3.8) is 0 Å². The van der Waals surface area contributed by atoms with Crippen LogP contribution in [0.2, 0.25) is 0 Å². The number of thiazole rings is 1. The van der Waals surface area contributed by atoms with Crippen LogP contribution in [0.25, 0.3) is 26.6 Å². The van der Waals surface area contributed by atoms with E-state index in [0.717, 1.165) is 32.3 Å². The summed E-state index contributed by atoms with van der Waals surface area (Å²) in [6, 6.07) is 9.85. The Morgan fingerprint density at radius 3 is 3.00 bits per heavy atom. The molecule has 4 aromatic rings. The van der Waals surface area contributed by atoms with Crippen LogP contribution >= 0.6 is 11.3 Å². The summed E-state index contributed by atoms with van der Waals surface area (Å²) in [5.74, 6) is 0.690. The quantitative estimate of drug-likeness (QED) is 0.613. The predicted molar refractivity (Wildman–Crippen MR) is 86.6 cm³/mol. The number of hydrogen-bond donors (Lipinski definition) is 1. The molecule has 0 atom stereocenters. The summed E-state index contributed by atoms with van der Waals surface area (Å²) in [7, 11) is 0. The van der Waals surface area contributed by atoms with E-state index in [1.54, 1.807) is 11.3 Å². The van der Waals surface area contributed by atoms with Crippen molar-refractivity contribution in [3.8, 4) is 17.1 Å². The molecule has 3 heterocycles. The van der Waals surface area contributed by atoms with Gasteiger partial charge in [-0.15, -0.1) is 0 Å². The third kappa shape index (κ3) is 2.16. The number of rotatable bonds is 4. The van der Waals surface area contributed by atoms with E-state index in [9.17, 15) is 4.39 Å². The van der Waals surface area contributed by atoms with Crippen molar-refractivity contribution < 1.29 is 9.13 Å². The molecule has 1 aromatic carbocycles. The van der Waals surface area contributed by atoms with Crippen molar-refractivity contribution in [1.29, 1.82) is 0 Å². The highest BCUT2D eigenvalue weighted by atomic mass is 32.1. The molecule has 4 nitrogen and oxygen atoms in total. The van der Waals surface area contributed by atoms with Crippen molar-refractivity contribution >= 4 is 26.5 Å². The largest absolute Gasteiger partial charge is 0.491 e. The second-order valence-electron chi connectivity index (χ2n) is 5.10. The maximum absolute atomic E-state index is 12.2. The zero-order valence-corrected chi connectivity index (χ0v) is 12.8. The number of aryl methyl sites for hydroxylation is 1. The van der Waals surface area contributed by atoms with Crippen molar-refractivity contribution in [2.45, 2.75) is 6.92 Å². The number of alkyl halides is 1. The minimum atomic E-state index is -0.481. The van der Waals surface area contributed by atoms with Gasteiger partial charge in [0.1, 0.15) is 24.7 Å². The summed E-state index contributed by atoms with van der Waals surface area (Å²) in [5, 5.41) is 0. The van der Waals surface area contributed by atoms with Gasteiger partial charge in [-0.3, -0.25) is 4.40 Å². The lowest BCUT2D eigenvalue weighted by Gasteiger charge is -2.02. The van der Waals surface area contributed by atoms with E-state index in [0.29, 0.717) is 5.75 Å². The van der Waals surface area contributed by atoms with E-state index < -0.39 is 6.67 Å². The Labute approximate surface area is 130 Å². The summed E-state index contributed by atoms with van der Waals surface area (Å²) < 4.78 is 20.7. The van der Waals surface area contributed by atoms with Crippen molar-refractivity contribution in [2.24, 2.45) is 0 Å². The fraction of sp³-hybridized carbons (Fsp3) is 0.188. The van der Waals surface area contributed by atoms with Gasteiger partial charge in [-0.05, 0) is 37.3 Å². The molecular formula is C16H14FN3OS. The van der Waals surface area contributed by atoms with Crippen molar-refractivity contribution in [2.75, 3.05) is 13.3 Å². The molecule has 22 heavy (non-hydrogen) atoms. The topological polar surface area (TPSA) is 42.3 Å². The zero-order valence-electron chi connectivity index (χ0n) is 12.0. The number of aromatic amines is 1. The van der Waals surface area contributed by atoms with Crippen LogP contribution in [0.1, 0.15) is 5.69 Å². The van der Waals surface area contributed by atoms with E-state index >= 15 is 0 Å². The third-order valence-corrected chi connectivity index (χ3v) is 4.54. The highest BCUT2D eigenvalue weighted by molar-refractivity contribution is 7.23. The normalized spacial score (nSPS) is 11.5. The van der Waals surface area contributed by atoms with Gasteiger partial charge in [0.25, 0.3) is 0 Å². The number of benzene rings is 1. The number of ether oxygens (including phenoxy) is 1. The van der Waals surface area contributed by atoms with Crippen LogP contribution in [0, 0.1) is 6.92 Å². The second-order valence-corrected chi connectivity index (χ2v) is 6.11. The number of hydrogen-bond acceptors (Lipinski definition) is 3. The summed E-state index contributed by atoms with van der Waals surface area (Å²) in [6.07, 6.45) is 2.03. The van der Waals surface area contributed by atoms with Gasteiger partial charge in [-0.25, -0.2) is 9.37 Å². The van der Waals surface area contributed by atoms with Gasteiger partial charge in [0.2, 0.25) is 0 Å². The maximum Gasteiger partial charge on any atom is 0.195 e.